The van der Waals surface area contributed by atoms with Gasteiger partial charge in [0.1, 0.15) is 0 Å². The first-order valence-corrected chi connectivity index (χ1v) is 6.74. The molecule has 1 nitrogen and oxygen atoms in total. The standard InChI is InChI=1S/C14H18BrN/c1-11-5-4-7-13(16-11)10-9-12-6-2-3-8-14(12)15/h2-3,6,8-11,13,16H,4-5,7H2,1H3/b10-9+. The van der Waals surface area contributed by atoms with Gasteiger partial charge in [-0.15, -0.1) is 0 Å². The summed E-state index contributed by atoms with van der Waals surface area (Å²) < 4.78 is 1.16. The molecule has 1 aliphatic heterocycles. The molecular weight excluding hydrogens is 262 g/mol. The van der Waals surface area contributed by atoms with E-state index in [1.165, 1.54) is 24.8 Å². The maximum absolute atomic E-state index is 3.60. The fraction of sp³-hybridized carbons (Fsp3) is 0.429. The van der Waals surface area contributed by atoms with Crippen LogP contribution in [0.2, 0.25) is 0 Å². The van der Waals surface area contributed by atoms with Crippen LogP contribution in [0.15, 0.2) is 34.8 Å². The van der Waals surface area contributed by atoms with Gasteiger partial charge in [-0.1, -0.05) is 52.7 Å². The van der Waals surface area contributed by atoms with E-state index in [0.29, 0.717) is 12.1 Å². The summed E-state index contributed by atoms with van der Waals surface area (Å²) in [6.45, 7) is 2.26. The molecule has 2 unspecified atom stereocenters. The van der Waals surface area contributed by atoms with Crippen molar-refractivity contribution in [1.82, 2.24) is 5.32 Å². The molecule has 2 heteroatoms. The molecule has 0 bridgehead atoms. The van der Waals surface area contributed by atoms with Crippen molar-refractivity contribution >= 4 is 22.0 Å². The zero-order valence-corrected chi connectivity index (χ0v) is 11.2. The van der Waals surface area contributed by atoms with Crippen LogP contribution in [0.5, 0.6) is 0 Å². The summed E-state index contributed by atoms with van der Waals surface area (Å²) in [6.07, 6.45) is 8.39. The Kier molecular flexibility index (Phi) is 4.19. The predicted octanol–water partition coefficient (Wildman–Crippen LogP) is 3.99. The highest BCUT2D eigenvalue weighted by atomic mass is 79.9. The molecule has 1 aliphatic rings. The number of halogens is 1. The smallest absolute Gasteiger partial charge is 0.0255 e. The van der Waals surface area contributed by atoms with E-state index in [1.54, 1.807) is 0 Å². The van der Waals surface area contributed by atoms with Gasteiger partial charge in [0.15, 0.2) is 0 Å². The molecule has 1 heterocycles. The van der Waals surface area contributed by atoms with Crippen LogP contribution in [-0.2, 0) is 0 Å². The number of hydrogen-bond acceptors (Lipinski definition) is 1. The van der Waals surface area contributed by atoms with E-state index in [2.05, 4.69) is 58.5 Å². The topological polar surface area (TPSA) is 12.0 Å². The molecule has 1 N–H and O–H groups in total. The summed E-state index contributed by atoms with van der Waals surface area (Å²) in [5, 5.41) is 3.60. The Morgan fingerprint density at radius 1 is 1.31 bits per heavy atom. The SMILES string of the molecule is CC1CCCC(/C=C/c2ccccc2Br)N1. The second-order valence-electron chi connectivity index (χ2n) is 4.49. The van der Waals surface area contributed by atoms with Crippen LogP contribution < -0.4 is 5.32 Å². The summed E-state index contributed by atoms with van der Waals surface area (Å²) in [5.41, 5.74) is 1.25. The third-order valence-electron chi connectivity index (χ3n) is 3.06. The first-order chi connectivity index (χ1) is 7.75. The number of benzene rings is 1. The predicted molar refractivity (Wildman–Crippen MR) is 73.4 cm³/mol. The Morgan fingerprint density at radius 2 is 2.12 bits per heavy atom. The Labute approximate surface area is 106 Å². The molecule has 0 aromatic heterocycles. The van der Waals surface area contributed by atoms with Crippen molar-refractivity contribution in [3.63, 3.8) is 0 Å². The summed E-state index contributed by atoms with van der Waals surface area (Å²) in [5.74, 6) is 0. The summed E-state index contributed by atoms with van der Waals surface area (Å²) >= 11 is 3.56. The van der Waals surface area contributed by atoms with Crippen LogP contribution in [-0.4, -0.2) is 12.1 Å². The average molecular weight is 280 g/mol. The zero-order valence-electron chi connectivity index (χ0n) is 9.62. The van der Waals surface area contributed by atoms with E-state index in [9.17, 15) is 0 Å². The molecule has 2 rings (SSSR count). The van der Waals surface area contributed by atoms with Crippen LogP contribution >= 0.6 is 15.9 Å². The Morgan fingerprint density at radius 3 is 2.88 bits per heavy atom. The van der Waals surface area contributed by atoms with Gasteiger partial charge in [0, 0.05) is 16.6 Å². The second kappa shape index (κ2) is 5.65. The molecule has 0 radical (unpaired) electrons. The van der Waals surface area contributed by atoms with E-state index in [0.717, 1.165) is 4.47 Å². The second-order valence-corrected chi connectivity index (χ2v) is 5.34. The molecular formula is C14H18BrN. The van der Waals surface area contributed by atoms with Crippen LogP contribution in [0.3, 0.4) is 0 Å². The van der Waals surface area contributed by atoms with Crippen molar-refractivity contribution < 1.29 is 0 Å². The Balaban J connectivity index is 2.01. The third kappa shape index (κ3) is 3.19. The molecule has 1 aromatic carbocycles. The Bertz CT molecular complexity index is 373. The van der Waals surface area contributed by atoms with E-state index >= 15 is 0 Å². The minimum Gasteiger partial charge on any atom is -0.308 e. The molecule has 0 saturated carbocycles. The van der Waals surface area contributed by atoms with Gasteiger partial charge >= 0.3 is 0 Å². The normalized spacial score (nSPS) is 26.1. The van der Waals surface area contributed by atoms with Gasteiger partial charge < -0.3 is 5.32 Å². The molecule has 16 heavy (non-hydrogen) atoms. The lowest BCUT2D eigenvalue weighted by molar-refractivity contribution is 0.375. The molecule has 0 amide bonds. The van der Waals surface area contributed by atoms with Crippen LogP contribution in [0, 0.1) is 0 Å². The minimum atomic E-state index is 0.538. The lowest BCUT2D eigenvalue weighted by Crippen LogP contribution is -2.39. The number of piperidine rings is 1. The van der Waals surface area contributed by atoms with Gasteiger partial charge in [-0.3, -0.25) is 0 Å². The highest BCUT2D eigenvalue weighted by molar-refractivity contribution is 9.10. The van der Waals surface area contributed by atoms with Crippen molar-refractivity contribution in [2.75, 3.05) is 0 Å². The first-order valence-electron chi connectivity index (χ1n) is 5.94. The van der Waals surface area contributed by atoms with Crippen molar-refractivity contribution in [3.8, 4) is 0 Å². The van der Waals surface area contributed by atoms with Crippen molar-refractivity contribution in [3.05, 3.63) is 40.4 Å². The maximum Gasteiger partial charge on any atom is 0.0255 e. The van der Waals surface area contributed by atoms with Gasteiger partial charge in [0.05, 0.1) is 0 Å². The van der Waals surface area contributed by atoms with Crippen molar-refractivity contribution in [1.29, 1.82) is 0 Å². The fourth-order valence-corrected chi connectivity index (χ4v) is 2.57. The van der Waals surface area contributed by atoms with Crippen molar-refractivity contribution in [2.45, 2.75) is 38.3 Å². The van der Waals surface area contributed by atoms with Gasteiger partial charge in [-0.05, 0) is 31.4 Å². The molecule has 0 aliphatic carbocycles. The van der Waals surface area contributed by atoms with Gasteiger partial charge in [0.2, 0.25) is 0 Å². The molecule has 1 aromatic rings. The number of nitrogens with one attached hydrogen (secondary N) is 1. The average Bonchev–Trinajstić information content (AvgIpc) is 2.28. The van der Waals surface area contributed by atoms with E-state index < -0.39 is 0 Å². The number of hydrogen-bond donors (Lipinski definition) is 1. The molecule has 1 fully saturated rings. The third-order valence-corrected chi connectivity index (χ3v) is 3.79. The largest absolute Gasteiger partial charge is 0.308 e. The van der Waals surface area contributed by atoms with Gasteiger partial charge in [-0.2, -0.15) is 0 Å². The Hall–Kier alpha value is -0.600. The lowest BCUT2D eigenvalue weighted by atomic mass is 9.99. The quantitative estimate of drug-likeness (QED) is 0.863. The molecule has 1 saturated heterocycles. The van der Waals surface area contributed by atoms with Crippen LogP contribution in [0.1, 0.15) is 31.7 Å². The zero-order chi connectivity index (χ0) is 11.4. The summed E-state index contributed by atoms with van der Waals surface area (Å²) in [6, 6.07) is 9.52. The number of rotatable bonds is 2. The van der Waals surface area contributed by atoms with Gasteiger partial charge in [0.25, 0.3) is 0 Å². The van der Waals surface area contributed by atoms with Crippen LogP contribution in [0.4, 0.5) is 0 Å². The lowest BCUT2D eigenvalue weighted by Gasteiger charge is -2.26. The highest BCUT2D eigenvalue weighted by Gasteiger charge is 2.14. The van der Waals surface area contributed by atoms with Crippen LogP contribution in [0.25, 0.3) is 6.08 Å². The van der Waals surface area contributed by atoms with E-state index in [1.807, 2.05) is 6.07 Å². The highest BCUT2D eigenvalue weighted by Crippen LogP contribution is 2.19. The van der Waals surface area contributed by atoms with E-state index in [4.69, 9.17) is 0 Å². The summed E-state index contributed by atoms with van der Waals surface area (Å²) in [4.78, 5) is 0. The van der Waals surface area contributed by atoms with Crippen molar-refractivity contribution in [2.24, 2.45) is 0 Å². The molecule has 86 valence electrons. The fourth-order valence-electron chi connectivity index (χ4n) is 2.16. The molecule has 0 spiro atoms. The first kappa shape index (κ1) is 11.9. The minimum absolute atomic E-state index is 0.538. The maximum atomic E-state index is 3.60. The van der Waals surface area contributed by atoms with E-state index in [-0.39, 0.29) is 0 Å². The molecule has 2 atom stereocenters. The monoisotopic (exact) mass is 279 g/mol. The summed E-state index contributed by atoms with van der Waals surface area (Å²) in [7, 11) is 0. The van der Waals surface area contributed by atoms with Gasteiger partial charge in [-0.25, -0.2) is 0 Å².